The fourth-order valence-electron chi connectivity index (χ4n) is 3.17. The highest BCUT2D eigenvalue weighted by Gasteiger charge is 2.35. The Balaban J connectivity index is 1.73. The molecule has 0 atom stereocenters. The maximum atomic E-state index is 12.3. The van der Waals surface area contributed by atoms with Crippen molar-refractivity contribution in [3.05, 3.63) is 10.4 Å². The average Bonchev–Trinajstić information content (AvgIpc) is 3.05. The first-order chi connectivity index (χ1) is 10.8. The maximum absolute atomic E-state index is 12.3. The van der Waals surface area contributed by atoms with Gasteiger partial charge < -0.3 is 4.74 Å². The first-order valence-corrected chi connectivity index (χ1v) is 8.38. The van der Waals surface area contributed by atoms with Gasteiger partial charge in [0.25, 0.3) is 0 Å². The second-order valence-corrected chi connectivity index (χ2v) is 6.40. The smallest absolute Gasteiger partial charge is 0.304 e. The van der Waals surface area contributed by atoms with Crippen molar-refractivity contribution in [1.29, 1.82) is 0 Å². The van der Waals surface area contributed by atoms with E-state index in [1.54, 1.807) is 0 Å². The second kappa shape index (κ2) is 5.41. The van der Waals surface area contributed by atoms with Gasteiger partial charge >= 0.3 is 11.6 Å². The van der Waals surface area contributed by atoms with Gasteiger partial charge in [0.2, 0.25) is 0 Å². The lowest BCUT2D eigenvalue weighted by atomic mass is 10.3. The highest BCUT2D eigenvalue weighted by atomic mass is 16.5. The van der Waals surface area contributed by atoms with E-state index in [2.05, 4.69) is 22.2 Å². The zero-order valence-electron chi connectivity index (χ0n) is 12.9. The van der Waals surface area contributed by atoms with Gasteiger partial charge in [0.05, 0.1) is 0 Å². The molecule has 2 heterocycles. The van der Waals surface area contributed by atoms with Gasteiger partial charge in [0.1, 0.15) is 11.9 Å². The van der Waals surface area contributed by atoms with Crippen LogP contribution in [0.3, 0.4) is 0 Å². The summed E-state index contributed by atoms with van der Waals surface area (Å²) in [7, 11) is 0. The van der Waals surface area contributed by atoms with Crippen molar-refractivity contribution in [2.24, 2.45) is 10.9 Å². The zero-order valence-corrected chi connectivity index (χ0v) is 12.9. The molecule has 2 saturated carbocycles. The number of ether oxygens (including phenoxy) is 1. The van der Waals surface area contributed by atoms with E-state index in [1.165, 1.54) is 12.8 Å². The van der Waals surface area contributed by atoms with Crippen LogP contribution >= 0.6 is 0 Å². The van der Waals surface area contributed by atoms with Crippen LogP contribution in [-0.4, -0.2) is 21.5 Å². The number of nitrogens with zero attached hydrogens (tertiary/aromatic N) is 4. The maximum Gasteiger partial charge on any atom is 0.304 e. The van der Waals surface area contributed by atoms with E-state index in [1.807, 2.05) is 4.57 Å². The van der Waals surface area contributed by atoms with E-state index in [4.69, 9.17) is 4.74 Å². The summed E-state index contributed by atoms with van der Waals surface area (Å²) in [4.78, 5) is 21.1. The van der Waals surface area contributed by atoms with Gasteiger partial charge in [-0.3, -0.25) is 9.36 Å². The lowest BCUT2D eigenvalue weighted by Crippen LogP contribution is -2.23. The normalized spacial score (nSPS) is 20.7. The molecular formula is C16H21N4O2. The molecule has 2 aliphatic carbocycles. The summed E-state index contributed by atoms with van der Waals surface area (Å²) >= 11 is 0. The number of amidine groups is 1. The topological polar surface area (TPSA) is 70.6 Å². The van der Waals surface area contributed by atoms with Crippen molar-refractivity contribution in [3.63, 3.8) is 0 Å². The molecule has 2 fully saturated rings. The lowest BCUT2D eigenvalue weighted by molar-refractivity contribution is 0.180. The van der Waals surface area contributed by atoms with Crippen LogP contribution in [0.15, 0.2) is 9.79 Å². The summed E-state index contributed by atoms with van der Waals surface area (Å²) in [5.74, 6) is 1.88. The van der Waals surface area contributed by atoms with Crippen LogP contribution in [0.5, 0.6) is 6.01 Å². The number of fused-ring (bicyclic) bond motifs is 1. The van der Waals surface area contributed by atoms with Gasteiger partial charge in [-0.25, -0.2) is 10.3 Å². The molecule has 1 aromatic heterocycles. The summed E-state index contributed by atoms with van der Waals surface area (Å²) in [6, 6.07) is 0.425. The fourth-order valence-corrected chi connectivity index (χ4v) is 3.17. The molecule has 117 valence electrons. The van der Waals surface area contributed by atoms with Gasteiger partial charge in [-0.05, 0) is 44.9 Å². The molecule has 0 unspecified atom stereocenters. The molecule has 0 bridgehead atoms. The van der Waals surface area contributed by atoms with E-state index in [-0.39, 0.29) is 11.7 Å². The van der Waals surface area contributed by atoms with Gasteiger partial charge in [-0.15, -0.1) is 0 Å². The molecule has 0 aromatic carbocycles. The monoisotopic (exact) mass is 301 g/mol. The zero-order chi connectivity index (χ0) is 15.1. The summed E-state index contributed by atoms with van der Waals surface area (Å²) in [5, 5.41) is 4.43. The Morgan fingerprint density at radius 3 is 2.68 bits per heavy atom. The van der Waals surface area contributed by atoms with Crippen LogP contribution < -0.4 is 15.6 Å². The molecule has 6 heteroatoms. The highest BCUT2D eigenvalue weighted by Crippen LogP contribution is 2.39. The largest absolute Gasteiger partial charge is 0.461 e. The Hall–Kier alpha value is -1.85. The molecule has 3 aliphatic rings. The molecular weight excluding hydrogens is 280 g/mol. The quantitative estimate of drug-likeness (QED) is 0.839. The molecule has 1 aliphatic heterocycles. The molecule has 0 spiro atoms. The molecule has 0 saturated heterocycles. The van der Waals surface area contributed by atoms with Crippen LogP contribution in [0.1, 0.15) is 51.9 Å². The van der Waals surface area contributed by atoms with Crippen molar-refractivity contribution < 1.29 is 4.74 Å². The second-order valence-electron chi connectivity index (χ2n) is 6.40. The Bertz CT molecular complexity index is 669. The van der Waals surface area contributed by atoms with Crippen molar-refractivity contribution in [2.45, 2.75) is 64.5 Å². The third kappa shape index (κ3) is 2.40. The molecule has 1 aromatic rings. The van der Waals surface area contributed by atoms with Crippen LogP contribution in [0.25, 0.3) is 0 Å². The van der Waals surface area contributed by atoms with E-state index in [9.17, 15) is 4.79 Å². The minimum Gasteiger partial charge on any atom is -0.461 e. The van der Waals surface area contributed by atoms with Crippen LogP contribution in [0, 0.1) is 5.92 Å². The van der Waals surface area contributed by atoms with E-state index in [0.29, 0.717) is 23.4 Å². The summed E-state index contributed by atoms with van der Waals surface area (Å²) in [6.07, 6.45) is 7.82. The first kappa shape index (κ1) is 13.8. The van der Waals surface area contributed by atoms with Crippen molar-refractivity contribution in [1.82, 2.24) is 14.9 Å². The van der Waals surface area contributed by atoms with Crippen molar-refractivity contribution >= 4 is 17.3 Å². The molecule has 4 rings (SSSR count). The van der Waals surface area contributed by atoms with E-state index >= 15 is 0 Å². The number of aliphatic imine (C=N–C) groups is 1. The lowest BCUT2D eigenvalue weighted by Gasteiger charge is -2.18. The predicted octanol–water partition coefficient (Wildman–Crippen LogP) is 2.66. The van der Waals surface area contributed by atoms with Gasteiger partial charge in [-0.2, -0.15) is 4.98 Å². The van der Waals surface area contributed by atoms with Gasteiger partial charge in [0.15, 0.2) is 11.5 Å². The molecule has 6 nitrogen and oxygen atoms in total. The predicted molar refractivity (Wildman–Crippen MR) is 83.3 cm³/mol. The van der Waals surface area contributed by atoms with Gasteiger partial charge in [0, 0.05) is 12.5 Å². The van der Waals surface area contributed by atoms with Crippen LogP contribution in [0.2, 0.25) is 0 Å². The summed E-state index contributed by atoms with van der Waals surface area (Å²) in [6.45, 7) is 2.84. The summed E-state index contributed by atoms with van der Waals surface area (Å²) in [5.41, 5.74) is 0.0869. The SMILES string of the molecule is CCCn1c(OC2CCCC2)nc(=O)c2c1N=C(C1CC1)[N]2. The highest BCUT2D eigenvalue weighted by molar-refractivity contribution is 5.97. The fraction of sp³-hybridized carbons (Fsp3) is 0.688. The Morgan fingerprint density at radius 1 is 1.23 bits per heavy atom. The van der Waals surface area contributed by atoms with E-state index in [0.717, 1.165) is 44.5 Å². The Morgan fingerprint density at radius 2 is 2.00 bits per heavy atom. The average molecular weight is 301 g/mol. The first-order valence-electron chi connectivity index (χ1n) is 8.38. The van der Waals surface area contributed by atoms with Crippen molar-refractivity contribution in [2.75, 3.05) is 0 Å². The van der Waals surface area contributed by atoms with Crippen LogP contribution in [-0.2, 0) is 6.54 Å². The molecule has 0 N–H and O–H groups in total. The molecule has 22 heavy (non-hydrogen) atoms. The Labute approximate surface area is 129 Å². The minimum absolute atomic E-state index is 0.179. The molecule has 0 amide bonds. The van der Waals surface area contributed by atoms with E-state index < -0.39 is 0 Å². The number of hydrogen-bond acceptors (Lipinski definition) is 4. The number of aromatic nitrogens is 2. The number of hydrogen-bond donors (Lipinski definition) is 0. The Kier molecular flexibility index (Phi) is 3.39. The van der Waals surface area contributed by atoms with Crippen LogP contribution in [0.4, 0.5) is 11.5 Å². The minimum atomic E-state index is -0.310. The third-order valence-corrected chi connectivity index (χ3v) is 4.51. The third-order valence-electron chi connectivity index (χ3n) is 4.51. The standard InChI is InChI=1S/C16H21N4O2/c1-2-9-20-14-12(17-13(18-14)10-7-8-10)15(21)19-16(20)22-11-5-3-4-6-11/h10-11H,2-9H2,1H3. The van der Waals surface area contributed by atoms with Gasteiger partial charge in [-0.1, -0.05) is 6.92 Å². The number of rotatable bonds is 5. The van der Waals surface area contributed by atoms with Crippen molar-refractivity contribution in [3.8, 4) is 6.01 Å². The molecule has 1 radical (unpaired) electrons. The summed E-state index contributed by atoms with van der Waals surface area (Å²) < 4.78 is 7.96.